The first-order valence-corrected chi connectivity index (χ1v) is 4.44. The molecule has 78 valence electrons. The van der Waals surface area contributed by atoms with E-state index in [1.165, 1.54) is 7.11 Å². The number of hydrogen-bond acceptors (Lipinski definition) is 3. The summed E-state index contributed by atoms with van der Waals surface area (Å²) in [5.41, 5.74) is 0.976. The van der Waals surface area contributed by atoms with Crippen LogP contribution in [0, 0.1) is 0 Å². The van der Waals surface area contributed by atoms with Crippen molar-refractivity contribution in [3.63, 3.8) is 0 Å². The zero-order valence-electron chi connectivity index (χ0n) is 8.69. The van der Waals surface area contributed by atoms with E-state index in [4.69, 9.17) is 9.15 Å². The van der Waals surface area contributed by atoms with Crippen molar-refractivity contribution >= 4 is 5.91 Å². The van der Waals surface area contributed by atoms with Gasteiger partial charge in [0.05, 0.1) is 12.5 Å². The van der Waals surface area contributed by atoms with Crippen LogP contribution < -0.4 is 0 Å². The number of nitrogens with zero attached hydrogens (tertiary/aromatic N) is 1. The van der Waals surface area contributed by atoms with Crippen molar-refractivity contribution in [1.29, 1.82) is 0 Å². The van der Waals surface area contributed by atoms with Gasteiger partial charge in [-0.05, 0) is 13.0 Å². The Morgan fingerprint density at radius 1 is 1.71 bits per heavy atom. The Morgan fingerprint density at radius 3 is 2.93 bits per heavy atom. The number of amides is 1. The van der Waals surface area contributed by atoms with Crippen molar-refractivity contribution in [3.05, 3.63) is 24.2 Å². The largest absolute Gasteiger partial charge is 0.472 e. The second-order valence-corrected chi connectivity index (χ2v) is 3.20. The Bertz CT molecular complexity index is 282. The predicted molar refractivity (Wildman–Crippen MR) is 51.7 cm³/mol. The van der Waals surface area contributed by atoms with Crippen LogP contribution in [0.1, 0.15) is 12.5 Å². The van der Waals surface area contributed by atoms with Crippen molar-refractivity contribution in [2.75, 3.05) is 14.2 Å². The standard InChI is InChI=1S/C10H15NO3/c1-8(13-3)10(12)11(2)6-9-4-5-14-7-9/h4-5,7-8H,6H2,1-3H3. The molecule has 0 aliphatic rings. The van der Waals surface area contributed by atoms with Gasteiger partial charge in [-0.25, -0.2) is 0 Å². The maximum atomic E-state index is 11.6. The van der Waals surface area contributed by atoms with E-state index < -0.39 is 6.10 Å². The lowest BCUT2D eigenvalue weighted by Crippen LogP contribution is -2.35. The minimum absolute atomic E-state index is 0.0336. The molecule has 1 atom stereocenters. The van der Waals surface area contributed by atoms with Crippen LogP contribution in [0.3, 0.4) is 0 Å². The molecule has 0 aromatic carbocycles. The highest BCUT2D eigenvalue weighted by Gasteiger charge is 2.16. The second kappa shape index (κ2) is 4.81. The second-order valence-electron chi connectivity index (χ2n) is 3.20. The van der Waals surface area contributed by atoms with Gasteiger partial charge in [-0.15, -0.1) is 0 Å². The van der Waals surface area contributed by atoms with E-state index in [2.05, 4.69) is 0 Å². The van der Waals surface area contributed by atoms with Crippen molar-refractivity contribution in [2.24, 2.45) is 0 Å². The Kier molecular flexibility index (Phi) is 3.71. The van der Waals surface area contributed by atoms with Gasteiger partial charge in [-0.1, -0.05) is 0 Å². The lowest BCUT2D eigenvalue weighted by molar-refractivity contribution is -0.140. The minimum atomic E-state index is -0.396. The summed E-state index contributed by atoms with van der Waals surface area (Å²) in [5, 5.41) is 0. The van der Waals surface area contributed by atoms with Gasteiger partial charge in [0.1, 0.15) is 6.10 Å². The third-order valence-electron chi connectivity index (χ3n) is 2.08. The van der Waals surface area contributed by atoms with Crippen molar-refractivity contribution in [1.82, 2.24) is 4.90 Å². The molecule has 4 heteroatoms. The Labute approximate surface area is 83.5 Å². The number of rotatable bonds is 4. The quantitative estimate of drug-likeness (QED) is 0.730. The van der Waals surface area contributed by atoms with E-state index in [0.29, 0.717) is 6.54 Å². The molecule has 0 radical (unpaired) electrons. The number of likely N-dealkylation sites (N-methyl/N-ethyl adjacent to an activating group) is 1. The Morgan fingerprint density at radius 2 is 2.43 bits per heavy atom. The Balaban J connectivity index is 2.50. The number of ether oxygens (including phenoxy) is 1. The molecule has 0 N–H and O–H groups in total. The average Bonchev–Trinajstić information content (AvgIpc) is 2.68. The van der Waals surface area contributed by atoms with Crippen LogP contribution in [0.4, 0.5) is 0 Å². The summed E-state index contributed by atoms with van der Waals surface area (Å²) in [6.07, 6.45) is 2.82. The minimum Gasteiger partial charge on any atom is -0.472 e. The number of methoxy groups -OCH3 is 1. The van der Waals surface area contributed by atoms with E-state index in [1.807, 2.05) is 6.07 Å². The lowest BCUT2D eigenvalue weighted by Gasteiger charge is -2.19. The van der Waals surface area contributed by atoms with E-state index in [1.54, 1.807) is 31.4 Å². The molecular formula is C10H15NO3. The van der Waals surface area contributed by atoms with Crippen LogP contribution in [0.15, 0.2) is 23.0 Å². The predicted octanol–water partition coefficient (Wildman–Crippen LogP) is 1.27. The first-order chi connectivity index (χ1) is 6.65. The fraction of sp³-hybridized carbons (Fsp3) is 0.500. The summed E-state index contributed by atoms with van der Waals surface area (Å²) in [4.78, 5) is 13.2. The van der Waals surface area contributed by atoms with Crippen LogP contribution >= 0.6 is 0 Å². The third-order valence-corrected chi connectivity index (χ3v) is 2.08. The van der Waals surface area contributed by atoms with Crippen molar-refractivity contribution in [3.8, 4) is 0 Å². The molecular weight excluding hydrogens is 182 g/mol. The topological polar surface area (TPSA) is 42.7 Å². The van der Waals surface area contributed by atoms with E-state index in [0.717, 1.165) is 5.56 Å². The normalized spacial score (nSPS) is 12.5. The molecule has 0 fully saturated rings. The molecule has 0 aliphatic carbocycles. The number of hydrogen-bond donors (Lipinski definition) is 0. The number of furan rings is 1. The van der Waals surface area contributed by atoms with Gasteiger partial charge in [0, 0.05) is 26.3 Å². The molecule has 1 rings (SSSR count). The van der Waals surface area contributed by atoms with E-state index in [-0.39, 0.29) is 5.91 Å². The summed E-state index contributed by atoms with van der Waals surface area (Å²) in [6, 6.07) is 1.83. The van der Waals surface area contributed by atoms with Gasteiger partial charge in [0.2, 0.25) is 0 Å². The zero-order chi connectivity index (χ0) is 10.6. The molecule has 1 heterocycles. The van der Waals surface area contributed by atoms with Gasteiger partial charge >= 0.3 is 0 Å². The molecule has 0 bridgehead atoms. The summed E-state index contributed by atoms with van der Waals surface area (Å²) in [5.74, 6) is -0.0336. The van der Waals surface area contributed by atoms with Crippen LogP contribution in [0.2, 0.25) is 0 Å². The molecule has 14 heavy (non-hydrogen) atoms. The first-order valence-electron chi connectivity index (χ1n) is 4.44. The first kappa shape index (κ1) is 10.8. The molecule has 1 unspecified atom stereocenters. The summed E-state index contributed by atoms with van der Waals surface area (Å²) >= 11 is 0. The fourth-order valence-corrected chi connectivity index (χ4v) is 1.15. The van der Waals surface area contributed by atoms with E-state index >= 15 is 0 Å². The molecule has 0 saturated carbocycles. The van der Waals surface area contributed by atoms with Gasteiger partial charge in [-0.3, -0.25) is 4.79 Å². The third kappa shape index (κ3) is 2.60. The summed E-state index contributed by atoms with van der Waals surface area (Å²) < 4.78 is 9.85. The molecule has 1 aromatic rings. The SMILES string of the molecule is COC(C)C(=O)N(C)Cc1ccoc1. The molecule has 0 saturated heterocycles. The molecule has 1 amide bonds. The maximum absolute atomic E-state index is 11.6. The summed E-state index contributed by atoms with van der Waals surface area (Å²) in [7, 11) is 3.26. The number of carbonyl (C=O) groups excluding carboxylic acids is 1. The van der Waals surface area contributed by atoms with Gasteiger partial charge in [0.25, 0.3) is 5.91 Å². The van der Waals surface area contributed by atoms with Crippen molar-refractivity contribution in [2.45, 2.75) is 19.6 Å². The van der Waals surface area contributed by atoms with Crippen LogP contribution in [-0.2, 0) is 16.1 Å². The smallest absolute Gasteiger partial charge is 0.251 e. The highest BCUT2D eigenvalue weighted by atomic mass is 16.5. The molecule has 4 nitrogen and oxygen atoms in total. The zero-order valence-corrected chi connectivity index (χ0v) is 8.69. The van der Waals surface area contributed by atoms with Gasteiger partial charge in [0.15, 0.2) is 0 Å². The monoisotopic (exact) mass is 197 g/mol. The summed E-state index contributed by atoms with van der Waals surface area (Å²) in [6.45, 7) is 2.28. The molecule has 0 aliphatic heterocycles. The van der Waals surface area contributed by atoms with Crippen molar-refractivity contribution < 1.29 is 13.9 Å². The highest BCUT2D eigenvalue weighted by Crippen LogP contribution is 2.05. The van der Waals surface area contributed by atoms with Crippen LogP contribution in [0.5, 0.6) is 0 Å². The van der Waals surface area contributed by atoms with Gasteiger partial charge < -0.3 is 14.1 Å². The maximum Gasteiger partial charge on any atom is 0.251 e. The highest BCUT2D eigenvalue weighted by molar-refractivity contribution is 5.80. The Hall–Kier alpha value is -1.29. The number of carbonyl (C=O) groups is 1. The fourth-order valence-electron chi connectivity index (χ4n) is 1.15. The van der Waals surface area contributed by atoms with Crippen LogP contribution in [-0.4, -0.2) is 31.1 Å². The molecule has 1 aromatic heterocycles. The lowest BCUT2D eigenvalue weighted by atomic mass is 10.3. The molecule has 0 spiro atoms. The van der Waals surface area contributed by atoms with E-state index in [9.17, 15) is 4.79 Å². The van der Waals surface area contributed by atoms with Gasteiger partial charge in [-0.2, -0.15) is 0 Å². The average molecular weight is 197 g/mol. The van der Waals surface area contributed by atoms with Crippen LogP contribution in [0.25, 0.3) is 0 Å².